The third-order valence-corrected chi connectivity index (χ3v) is 6.47. The molecule has 1 fully saturated rings. The fourth-order valence-electron chi connectivity index (χ4n) is 4.36. The van der Waals surface area contributed by atoms with Crippen molar-refractivity contribution in [3.63, 3.8) is 0 Å². The van der Waals surface area contributed by atoms with E-state index >= 15 is 0 Å². The first-order valence-electron chi connectivity index (χ1n) is 11.0. The zero-order valence-corrected chi connectivity index (χ0v) is 20.8. The molecular weight excluding hydrogens is 486 g/mol. The second-order valence-corrected chi connectivity index (χ2v) is 9.26. The average molecular weight is 514 g/mol. The molecule has 174 valence electrons. The highest BCUT2D eigenvalue weighted by Gasteiger charge is 2.47. The molecule has 2 aromatic rings. The van der Waals surface area contributed by atoms with Crippen molar-refractivity contribution in [2.45, 2.75) is 65.0 Å². The molecule has 1 aliphatic heterocycles. The molecule has 0 bridgehead atoms. The van der Waals surface area contributed by atoms with Crippen molar-refractivity contribution >= 4 is 27.9 Å². The molecule has 0 spiro atoms. The van der Waals surface area contributed by atoms with Crippen molar-refractivity contribution in [1.82, 2.24) is 0 Å². The lowest BCUT2D eigenvalue weighted by molar-refractivity contribution is -0.225. The van der Waals surface area contributed by atoms with Gasteiger partial charge in [0.2, 0.25) is 0 Å². The maximum Gasteiger partial charge on any atom is 0.303 e. The Morgan fingerprint density at radius 1 is 1.06 bits per heavy atom. The molecule has 7 heteroatoms. The summed E-state index contributed by atoms with van der Waals surface area (Å²) in [5.41, 5.74) is 3.25. The van der Waals surface area contributed by atoms with Gasteiger partial charge >= 0.3 is 11.9 Å². The van der Waals surface area contributed by atoms with Gasteiger partial charge in [0.1, 0.15) is 12.2 Å². The van der Waals surface area contributed by atoms with E-state index in [1.807, 2.05) is 50.2 Å². The fraction of sp³-hybridized carbons (Fsp3) is 0.423. The summed E-state index contributed by atoms with van der Waals surface area (Å²) >= 11 is 3.44. The molecule has 0 aliphatic carbocycles. The lowest BCUT2D eigenvalue weighted by Crippen LogP contribution is -2.52. The van der Waals surface area contributed by atoms with E-state index in [2.05, 4.69) is 22.0 Å². The minimum atomic E-state index is -0.794. The van der Waals surface area contributed by atoms with Gasteiger partial charge in [0.15, 0.2) is 6.10 Å². The number of nitrogens with zero attached hydrogens (tertiary/aromatic N) is 1. The quantitative estimate of drug-likeness (QED) is 0.489. The van der Waals surface area contributed by atoms with E-state index in [4.69, 9.17) is 14.2 Å². The Labute approximate surface area is 203 Å². The molecule has 0 amide bonds. The largest absolute Gasteiger partial charge is 0.458 e. The Kier molecular flexibility index (Phi) is 8.28. The summed E-state index contributed by atoms with van der Waals surface area (Å²) in [6, 6.07) is 15.7. The van der Waals surface area contributed by atoms with Crippen LogP contribution in [0.15, 0.2) is 46.9 Å². The Hall–Kier alpha value is -2.69. The molecule has 1 aliphatic rings. The van der Waals surface area contributed by atoms with Crippen LogP contribution in [-0.4, -0.2) is 30.3 Å². The number of rotatable bonds is 6. The molecule has 6 nitrogen and oxygen atoms in total. The predicted octanol–water partition coefficient (Wildman–Crippen LogP) is 5.26. The summed E-state index contributed by atoms with van der Waals surface area (Å²) in [7, 11) is 0. The van der Waals surface area contributed by atoms with Crippen LogP contribution in [0.1, 0.15) is 62.5 Å². The Bertz CT molecular complexity index is 1050. The monoisotopic (exact) mass is 513 g/mol. The van der Waals surface area contributed by atoms with Crippen molar-refractivity contribution < 1.29 is 23.8 Å². The molecule has 1 heterocycles. The van der Waals surface area contributed by atoms with Gasteiger partial charge < -0.3 is 14.2 Å². The van der Waals surface area contributed by atoms with Crippen LogP contribution in [0.4, 0.5) is 0 Å². The van der Waals surface area contributed by atoms with E-state index < -0.39 is 30.3 Å². The lowest BCUT2D eigenvalue weighted by Gasteiger charge is -2.44. The van der Waals surface area contributed by atoms with Gasteiger partial charge in [-0.3, -0.25) is 9.59 Å². The zero-order valence-electron chi connectivity index (χ0n) is 19.2. The van der Waals surface area contributed by atoms with Gasteiger partial charge in [0, 0.05) is 24.2 Å². The fourth-order valence-corrected chi connectivity index (χ4v) is 4.63. The predicted molar refractivity (Wildman–Crippen MR) is 126 cm³/mol. The van der Waals surface area contributed by atoms with Gasteiger partial charge in [-0.15, -0.1) is 0 Å². The molecule has 0 radical (unpaired) electrons. The van der Waals surface area contributed by atoms with Crippen LogP contribution in [-0.2, 0) is 30.2 Å². The molecular formula is C26H28BrNO5. The maximum absolute atomic E-state index is 11.9. The van der Waals surface area contributed by atoms with Gasteiger partial charge in [-0.05, 0) is 47.7 Å². The van der Waals surface area contributed by atoms with Gasteiger partial charge in [0.05, 0.1) is 17.7 Å². The number of esters is 2. The topological polar surface area (TPSA) is 85.6 Å². The summed E-state index contributed by atoms with van der Waals surface area (Å²) in [5, 5.41) is 9.65. The van der Waals surface area contributed by atoms with Crippen LogP contribution < -0.4 is 0 Å². The van der Waals surface area contributed by atoms with E-state index in [0.717, 1.165) is 21.2 Å². The van der Waals surface area contributed by atoms with Gasteiger partial charge in [0.25, 0.3) is 0 Å². The highest BCUT2D eigenvalue weighted by atomic mass is 79.9. The molecule has 0 N–H and O–H groups in total. The van der Waals surface area contributed by atoms with Crippen molar-refractivity contribution in [3.8, 4) is 6.07 Å². The minimum Gasteiger partial charge on any atom is -0.458 e. The van der Waals surface area contributed by atoms with E-state index in [1.54, 1.807) is 6.07 Å². The third-order valence-electron chi connectivity index (χ3n) is 5.94. The van der Waals surface area contributed by atoms with E-state index in [9.17, 15) is 14.9 Å². The molecule has 2 aromatic carbocycles. The Balaban J connectivity index is 2.03. The highest BCUT2D eigenvalue weighted by Crippen LogP contribution is 2.40. The third kappa shape index (κ3) is 6.01. The van der Waals surface area contributed by atoms with Gasteiger partial charge in [-0.25, -0.2) is 0 Å². The van der Waals surface area contributed by atoms with Crippen molar-refractivity contribution in [1.29, 1.82) is 5.26 Å². The Morgan fingerprint density at radius 2 is 1.70 bits per heavy atom. The highest BCUT2D eigenvalue weighted by molar-refractivity contribution is 9.10. The summed E-state index contributed by atoms with van der Waals surface area (Å²) in [6.07, 6.45) is -0.967. The number of halogens is 1. The Morgan fingerprint density at radius 3 is 2.27 bits per heavy atom. The first-order chi connectivity index (χ1) is 15.7. The molecule has 33 heavy (non-hydrogen) atoms. The molecule has 0 unspecified atom stereocenters. The standard InChI is InChI=1S/C26H28BrNO5/c1-5-23-15(2)24(31-16(3)29)26(32-17(4)30)25(33-23)19-8-9-20(14-28)21(13-19)12-18-6-10-22(27)11-7-18/h6-11,13,15,23-26H,5,12H2,1-4H3/t15-,23-,24+,25+,26-/m1/s1. The average Bonchev–Trinajstić information content (AvgIpc) is 2.77. The first kappa shape index (κ1) is 24.9. The van der Waals surface area contributed by atoms with Crippen LogP contribution in [0.25, 0.3) is 0 Å². The zero-order chi connectivity index (χ0) is 24.1. The normalized spacial score (nSPS) is 24.5. The second-order valence-electron chi connectivity index (χ2n) is 8.34. The van der Waals surface area contributed by atoms with E-state index in [0.29, 0.717) is 18.4 Å². The molecule has 5 atom stereocenters. The molecule has 0 aromatic heterocycles. The van der Waals surface area contributed by atoms with Crippen LogP contribution in [0.3, 0.4) is 0 Å². The van der Waals surface area contributed by atoms with Crippen LogP contribution >= 0.6 is 15.9 Å². The van der Waals surface area contributed by atoms with Crippen LogP contribution in [0.2, 0.25) is 0 Å². The van der Waals surface area contributed by atoms with E-state index in [-0.39, 0.29) is 12.0 Å². The van der Waals surface area contributed by atoms with Crippen molar-refractivity contribution in [2.75, 3.05) is 0 Å². The summed E-state index contributed by atoms with van der Waals surface area (Å²) in [6.45, 7) is 6.62. The minimum absolute atomic E-state index is 0.153. The number of carbonyl (C=O) groups is 2. The number of ether oxygens (including phenoxy) is 3. The summed E-state index contributed by atoms with van der Waals surface area (Å²) < 4.78 is 18.7. The molecule has 1 saturated heterocycles. The first-order valence-corrected chi connectivity index (χ1v) is 11.8. The number of nitriles is 1. The van der Waals surface area contributed by atoms with Gasteiger partial charge in [-0.1, -0.05) is 54.0 Å². The van der Waals surface area contributed by atoms with Crippen LogP contribution in [0, 0.1) is 17.2 Å². The van der Waals surface area contributed by atoms with E-state index in [1.165, 1.54) is 13.8 Å². The number of hydrogen-bond donors (Lipinski definition) is 0. The lowest BCUT2D eigenvalue weighted by atomic mass is 9.83. The van der Waals surface area contributed by atoms with Gasteiger partial charge in [-0.2, -0.15) is 5.26 Å². The number of carbonyl (C=O) groups excluding carboxylic acids is 2. The smallest absolute Gasteiger partial charge is 0.303 e. The molecule has 3 rings (SSSR count). The summed E-state index contributed by atoms with van der Waals surface area (Å²) in [4.78, 5) is 23.8. The maximum atomic E-state index is 11.9. The molecule has 0 saturated carbocycles. The second kappa shape index (κ2) is 11.0. The SMILES string of the molecule is CC[C@H]1O[C@@H](c2ccc(C#N)c(Cc3ccc(Br)cc3)c2)[C@H](OC(C)=O)[C@@H](OC(C)=O)[C@@H]1C. The number of hydrogen-bond acceptors (Lipinski definition) is 6. The van der Waals surface area contributed by atoms with Crippen molar-refractivity contribution in [3.05, 3.63) is 69.2 Å². The number of benzene rings is 2. The van der Waals surface area contributed by atoms with Crippen LogP contribution in [0.5, 0.6) is 0 Å². The summed E-state index contributed by atoms with van der Waals surface area (Å²) in [5.74, 6) is -1.06. The van der Waals surface area contributed by atoms with Crippen molar-refractivity contribution in [2.24, 2.45) is 5.92 Å².